The average Bonchev–Trinajstić information content (AvgIpc) is 1.84. The molecular formula is C5H12O4S. The zero-order chi connectivity index (χ0) is 8.04. The summed E-state index contributed by atoms with van der Waals surface area (Å²) >= 11 is 1.01. The van der Waals surface area contributed by atoms with E-state index in [4.69, 9.17) is 9.99 Å². The first-order valence-electron chi connectivity index (χ1n) is 2.77. The van der Waals surface area contributed by atoms with Crippen molar-refractivity contribution in [1.29, 1.82) is 0 Å². The van der Waals surface area contributed by atoms with Gasteiger partial charge in [-0.2, -0.15) is 0 Å². The van der Waals surface area contributed by atoms with Crippen LogP contribution in [-0.2, 0) is 14.1 Å². The Labute approximate surface area is 64.5 Å². The highest BCUT2D eigenvalue weighted by Gasteiger charge is 2.20. The second-order valence-electron chi connectivity index (χ2n) is 2.42. The summed E-state index contributed by atoms with van der Waals surface area (Å²) in [5, 5.41) is 11.2. The molecule has 0 aliphatic heterocycles. The van der Waals surface area contributed by atoms with Crippen LogP contribution in [0.2, 0.25) is 0 Å². The maximum absolute atomic E-state index is 7.81. The van der Waals surface area contributed by atoms with Gasteiger partial charge in [-0.15, -0.1) is 4.33 Å². The van der Waals surface area contributed by atoms with Crippen molar-refractivity contribution in [3.63, 3.8) is 0 Å². The minimum Gasteiger partial charge on any atom is -0.383 e. The molecule has 0 atom stereocenters. The van der Waals surface area contributed by atoms with Gasteiger partial charge in [0.1, 0.15) is 0 Å². The number of ether oxygens (including phenoxy) is 1. The van der Waals surface area contributed by atoms with Crippen LogP contribution >= 0.6 is 12.0 Å². The summed E-state index contributed by atoms with van der Waals surface area (Å²) in [6.45, 7) is 4.33. The van der Waals surface area contributed by atoms with Crippen LogP contribution in [0.4, 0.5) is 0 Å². The van der Waals surface area contributed by atoms with Gasteiger partial charge in [0.2, 0.25) is 0 Å². The number of hydrogen-bond acceptors (Lipinski definition) is 5. The molecular weight excluding hydrogens is 156 g/mol. The van der Waals surface area contributed by atoms with Gasteiger partial charge in [0.15, 0.2) is 0 Å². The molecule has 0 rings (SSSR count). The van der Waals surface area contributed by atoms with Crippen molar-refractivity contribution in [1.82, 2.24) is 0 Å². The summed E-state index contributed by atoms with van der Waals surface area (Å²) < 4.78 is 8.90. The van der Waals surface area contributed by atoms with Crippen molar-refractivity contribution in [2.45, 2.75) is 18.6 Å². The van der Waals surface area contributed by atoms with Crippen LogP contribution in [0.5, 0.6) is 0 Å². The van der Waals surface area contributed by atoms with E-state index in [1.165, 1.54) is 0 Å². The van der Waals surface area contributed by atoms with Crippen molar-refractivity contribution in [3.05, 3.63) is 0 Å². The molecule has 10 heavy (non-hydrogen) atoms. The Morgan fingerprint density at radius 2 is 2.10 bits per heavy atom. The molecule has 0 aliphatic rings. The monoisotopic (exact) mass is 168 g/mol. The lowest BCUT2D eigenvalue weighted by Crippen LogP contribution is -2.21. The third-order valence-electron chi connectivity index (χ3n) is 0.782. The Balaban J connectivity index is 3.42. The van der Waals surface area contributed by atoms with Gasteiger partial charge in [-0.1, -0.05) is 5.04 Å². The first kappa shape index (κ1) is 10.2. The van der Waals surface area contributed by atoms with Crippen molar-refractivity contribution in [2.24, 2.45) is 0 Å². The zero-order valence-corrected chi connectivity index (χ0v) is 7.10. The standard InChI is InChI=1S/C5H12O4S/c1-5(2,4-7-3)10-9-8-6/h6H,4H2,1-3H3. The Morgan fingerprint density at radius 3 is 2.50 bits per heavy atom. The molecule has 1 N–H and O–H groups in total. The van der Waals surface area contributed by atoms with E-state index in [0.717, 1.165) is 12.0 Å². The normalized spacial score (nSPS) is 12.0. The number of rotatable bonds is 5. The SMILES string of the molecule is COCC(C)(C)SOOO. The predicted molar refractivity (Wildman–Crippen MR) is 38.3 cm³/mol. The lowest BCUT2D eigenvalue weighted by Gasteiger charge is -2.18. The number of methoxy groups -OCH3 is 1. The van der Waals surface area contributed by atoms with Crippen LogP contribution in [0, 0.1) is 0 Å². The molecule has 0 aliphatic carbocycles. The Morgan fingerprint density at radius 1 is 1.50 bits per heavy atom. The van der Waals surface area contributed by atoms with Crippen LogP contribution in [0.3, 0.4) is 0 Å². The second-order valence-corrected chi connectivity index (χ2v) is 3.83. The van der Waals surface area contributed by atoms with Gasteiger partial charge < -0.3 is 4.74 Å². The highest BCUT2D eigenvalue weighted by Crippen LogP contribution is 2.24. The largest absolute Gasteiger partial charge is 0.383 e. The van der Waals surface area contributed by atoms with Crippen LogP contribution in [0.15, 0.2) is 0 Å². The summed E-state index contributed by atoms with van der Waals surface area (Å²) in [6, 6.07) is 0. The fourth-order valence-electron chi connectivity index (χ4n) is 0.479. The maximum atomic E-state index is 7.81. The highest BCUT2D eigenvalue weighted by molar-refractivity contribution is 7.95. The second kappa shape index (κ2) is 4.92. The molecule has 0 saturated carbocycles. The van der Waals surface area contributed by atoms with E-state index >= 15 is 0 Å². The van der Waals surface area contributed by atoms with Gasteiger partial charge in [-0.3, -0.25) is 0 Å². The molecule has 4 nitrogen and oxygen atoms in total. The molecule has 62 valence electrons. The fraction of sp³-hybridized carbons (Fsp3) is 1.00. The summed E-state index contributed by atoms with van der Waals surface area (Å²) in [7, 11) is 1.60. The predicted octanol–water partition coefficient (Wildman–Crippen LogP) is 1.48. The fourth-order valence-corrected chi connectivity index (χ4v) is 0.860. The summed E-state index contributed by atoms with van der Waals surface area (Å²) in [5.74, 6) is 0. The van der Waals surface area contributed by atoms with E-state index in [-0.39, 0.29) is 4.75 Å². The quantitative estimate of drug-likeness (QED) is 0.383. The zero-order valence-electron chi connectivity index (χ0n) is 6.29. The minimum absolute atomic E-state index is 0.211. The molecule has 0 bridgehead atoms. The lowest BCUT2D eigenvalue weighted by atomic mass is 10.2. The molecule has 0 spiro atoms. The molecule has 0 aromatic rings. The summed E-state index contributed by atoms with van der Waals surface area (Å²) in [5.41, 5.74) is 0. The van der Waals surface area contributed by atoms with Crippen LogP contribution in [-0.4, -0.2) is 23.7 Å². The molecule has 0 aromatic carbocycles. The van der Waals surface area contributed by atoms with E-state index in [1.807, 2.05) is 13.8 Å². The van der Waals surface area contributed by atoms with E-state index < -0.39 is 0 Å². The Bertz CT molecular complexity index is 85.7. The molecule has 0 heterocycles. The van der Waals surface area contributed by atoms with E-state index in [9.17, 15) is 0 Å². The van der Waals surface area contributed by atoms with Gasteiger partial charge in [0, 0.05) is 19.2 Å². The third kappa shape index (κ3) is 5.01. The van der Waals surface area contributed by atoms with Crippen LogP contribution < -0.4 is 0 Å². The average molecular weight is 168 g/mol. The summed E-state index contributed by atoms with van der Waals surface area (Å²) in [4.78, 5) is 0. The molecule has 0 saturated heterocycles. The molecule has 0 fully saturated rings. The van der Waals surface area contributed by atoms with E-state index in [2.05, 4.69) is 9.37 Å². The lowest BCUT2D eigenvalue weighted by molar-refractivity contribution is -0.432. The summed E-state index contributed by atoms with van der Waals surface area (Å²) in [6.07, 6.45) is 0. The van der Waals surface area contributed by atoms with Crippen molar-refractivity contribution < 1.29 is 19.4 Å². The van der Waals surface area contributed by atoms with Gasteiger partial charge in [-0.05, 0) is 13.8 Å². The Hall–Kier alpha value is 0.190. The van der Waals surface area contributed by atoms with Crippen LogP contribution in [0.25, 0.3) is 0 Å². The number of hydrogen-bond donors (Lipinski definition) is 1. The van der Waals surface area contributed by atoms with Crippen molar-refractivity contribution in [3.8, 4) is 0 Å². The molecule has 0 aromatic heterocycles. The third-order valence-corrected chi connectivity index (χ3v) is 1.48. The van der Waals surface area contributed by atoms with Gasteiger partial charge in [0.05, 0.1) is 11.4 Å². The van der Waals surface area contributed by atoms with Crippen LogP contribution in [0.1, 0.15) is 13.8 Å². The Kier molecular flexibility index (Phi) is 5.02. The topological polar surface area (TPSA) is 47.9 Å². The molecule has 5 heteroatoms. The van der Waals surface area contributed by atoms with Crippen molar-refractivity contribution >= 4 is 12.0 Å². The molecule has 0 unspecified atom stereocenters. The highest BCUT2D eigenvalue weighted by atomic mass is 32.2. The molecule has 0 amide bonds. The smallest absolute Gasteiger partial charge is 0.0631 e. The maximum Gasteiger partial charge on any atom is 0.0631 e. The van der Waals surface area contributed by atoms with E-state index in [1.54, 1.807) is 7.11 Å². The molecule has 0 radical (unpaired) electrons. The van der Waals surface area contributed by atoms with E-state index in [0.29, 0.717) is 6.61 Å². The first-order chi connectivity index (χ1) is 4.62. The van der Waals surface area contributed by atoms with Gasteiger partial charge in [-0.25, -0.2) is 5.26 Å². The van der Waals surface area contributed by atoms with Crippen molar-refractivity contribution in [2.75, 3.05) is 13.7 Å². The minimum atomic E-state index is -0.211. The first-order valence-corrected chi connectivity index (χ1v) is 3.51. The van der Waals surface area contributed by atoms with Gasteiger partial charge >= 0.3 is 0 Å². The van der Waals surface area contributed by atoms with Gasteiger partial charge in [0.25, 0.3) is 0 Å².